The van der Waals surface area contributed by atoms with Crippen LogP contribution in [-0.2, 0) is 11.2 Å². The van der Waals surface area contributed by atoms with E-state index in [0.29, 0.717) is 17.9 Å². The molecule has 0 spiro atoms. The lowest BCUT2D eigenvalue weighted by atomic mass is 10.2. The maximum absolute atomic E-state index is 11.7. The number of aromatic nitrogens is 1. The van der Waals surface area contributed by atoms with E-state index < -0.39 is 0 Å². The quantitative estimate of drug-likeness (QED) is 0.928. The van der Waals surface area contributed by atoms with Crippen LogP contribution in [0.25, 0.3) is 0 Å². The summed E-state index contributed by atoms with van der Waals surface area (Å²) in [6.07, 6.45) is 1.11. The summed E-state index contributed by atoms with van der Waals surface area (Å²) in [6.45, 7) is 1.96. The van der Waals surface area contributed by atoms with Crippen LogP contribution in [0.15, 0.2) is 29.6 Å². The van der Waals surface area contributed by atoms with Crippen LogP contribution in [0.5, 0.6) is 0 Å². The van der Waals surface area contributed by atoms with Gasteiger partial charge < -0.3 is 5.32 Å². The molecular weight excluding hydrogens is 268 g/mol. The second-order valence-electron chi connectivity index (χ2n) is 3.91. The Bertz CT molecular complexity index is 536. The van der Waals surface area contributed by atoms with Gasteiger partial charge in [-0.15, -0.1) is 11.3 Å². The first-order chi connectivity index (χ1) is 8.63. The molecule has 0 aliphatic rings. The minimum Gasteiger partial charge on any atom is -0.326 e. The van der Waals surface area contributed by atoms with Gasteiger partial charge in [0.05, 0.1) is 10.7 Å². The van der Waals surface area contributed by atoms with E-state index in [1.165, 1.54) is 0 Å². The van der Waals surface area contributed by atoms with E-state index in [1.807, 2.05) is 12.3 Å². The number of aryl methyl sites for hydroxylation is 2. The number of nitrogens with zero attached hydrogens (tertiary/aromatic N) is 1. The molecule has 0 unspecified atom stereocenters. The molecule has 0 saturated heterocycles. The number of carbonyl (C=O) groups is 1. The predicted molar refractivity (Wildman–Crippen MR) is 75.3 cm³/mol. The average Bonchev–Trinajstić information content (AvgIpc) is 2.76. The van der Waals surface area contributed by atoms with Gasteiger partial charge in [0.2, 0.25) is 5.91 Å². The Morgan fingerprint density at radius 2 is 2.11 bits per heavy atom. The Balaban J connectivity index is 1.83. The van der Waals surface area contributed by atoms with Crippen LogP contribution in [-0.4, -0.2) is 10.9 Å². The number of nitrogens with one attached hydrogen (secondary N) is 1. The zero-order valence-corrected chi connectivity index (χ0v) is 11.5. The van der Waals surface area contributed by atoms with E-state index in [9.17, 15) is 4.79 Å². The fourth-order valence-corrected chi connectivity index (χ4v) is 2.29. The molecule has 0 bridgehead atoms. The highest BCUT2D eigenvalue weighted by atomic mass is 35.5. The molecule has 3 nitrogen and oxygen atoms in total. The molecule has 5 heteroatoms. The lowest BCUT2D eigenvalue weighted by Crippen LogP contribution is -2.12. The zero-order valence-electron chi connectivity index (χ0n) is 9.94. The zero-order chi connectivity index (χ0) is 13.0. The summed E-state index contributed by atoms with van der Waals surface area (Å²) in [7, 11) is 0. The van der Waals surface area contributed by atoms with Gasteiger partial charge in [-0.3, -0.25) is 4.79 Å². The van der Waals surface area contributed by atoms with Gasteiger partial charge >= 0.3 is 0 Å². The molecule has 94 valence electrons. The lowest BCUT2D eigenvalue weighted by molar-refractivity contribution is -0.116. The maximum atomic E-state index is 11.7. The lowest BCUT2D eigenvalue weighted by Gasteiger charge is -2.04. The number of rotatable bonds is 4. The van der Waals surface area contributed by atoms with Crippen molar-refractivity contribution >= 4 is 34.5 Å². The van der Waals surface area contributed by atoms with Gasteiger partial charge in [0.25, 0.3) is 0 Å². The average molecular weight is 281 g/mol. The van der Waals surface area contributed by atoms with Crippen molar-refractivity contribution in [1.82, 2.24) is 4.98 Å². The monoisotopic (exact) mass is 280 g/mol. The number of hydrogen-bond acceptors (Lipinski definition) is 3. The van der Waals surface area contributed by atoms with Crippen molar-refractivity contribution in [2.45, 2.75) is 19.8 Å². The van der Waals surface area contributed by atoms with Crippen molar-refractivity contribution in [1.29, 1.82) is 0 Å². The van der Waals surface area contributed by atoms with Crippen molar-refractivity contribution in [2.24, 2.45) is 0 Å². The topological polar surface area (TPSA) is 42.0 Å². The van der Waals surface area contributed by atoms with Gasteiger partial charge in [0, 0.05) is 22.5 Å². The van der Waals surface area contributed by atoms with Gasteiger partial charge in [0.1, 0.15) is 0 Å². The second-order valence-corrected chi connectivity index (χ2v) is 5.41. The van der Waals surface area contributed by atoms with Crippen LogP contribution < -0.4 is 5.32 Å². The van der Waals surface area contributed by atoms with Crippen LogP contribution in [0.3, 0.4) is 0 Å². The number of thiazole rings is 1. The van der Waals surface area contributed by atoms with Gasteiger partial charge in [0.15, 0.2) is 0 Å². The molecule has 0 fully saturated rings. The molecule has 0 aliphatic heterocycles. The second kappa shape index (κ2) is 5.98. The number of anilines is 1. The molecule has 1 aromatic heterocycles. The Morgan fingerprint density at radius 3 is 2.72 bits per heavy atom. The fraction of sp³-hybridized carbons (Fsp3) is 0.231. The Labute approximate surface area is 115 Å². The molecule has 0 atom stereocenters. The minimum absolute atomic E-state index is 0.0111. The molecule has 1 heterocycles. The van der Waals surface area contributed by atoms with Crippen molar-refractivity contribution in [3.63, 3.8) is 0 Å². The normalized spacial score (nSPS) is 10.3. The first kappa shape index (κ1) is 13.1. The Morgan fingerprint density at radius 1 is 1.39 bits per heavy atom. The maximum Gasteiger partial charge on any atom is 0.224 e. The Kier molecular flexibility index (Phi) is 4.33. The molecular formula is C13H13ClN2OS. The standard InChI is InChI=1S/C13H13ClN2OS/c1-9-15-12(8-18-9)6-7-13(17)16-11-4-2-10(14)3-5-11/h2-5,8H,6-7H2,1H3,(H,16,17). The highest BCUT2D eigenvalue weighted by molar-refractivity contribution is 7.09. The van der Waals surface area contributed by atoms with Crippen LogP contribution in [0, 0.1) is 6.92 Å². The third kappa shape index (κ3) is 3.82. The third-order valence-corrected chi connectivity index (χ3v) is 3.48. The number of hydrogen-bond donors (Lipinski definition) is 1. The van der Waals surface area contributed by atoms with E-state index in [-0.39, 0.29) is 5.91 Å². The van der Waals surface area contributed by atoms with E-state index in [2.05, 4.69) is 10.3 Å². The van der Waals surface area contributed by atoms with E-state index in [4.69, 9.17) is 11.6 Å². The number of benzene rings is 1. The first-order valence-corrected chi connectivity index (χ1v) is 6.85. The van der Waals surface area contributed by atoms with Gasteiger partial charge in [-0.2, -0.15) is 0 Å². The largest absolute Gasteiger partial charge is 0.326 e. The fourth-order valence-electron chi connectivity index (χ4n) is 1.52. The van der Waals surface area contributed by atoms with Crippen LogP contribution in [0.2, 0.25) is 5.02 Å². The molecule has 1 amide bonds. The molecule has 2 rings (SSSR count). The summed E-state index contributed by atoms with van der Waals surface area (Å²) in [4.78, 5) is 16.0. The molecule has 0 saturated carbocycles. The van der Waals surface area contributed by atoms with Crippen molar-refractivity contribution < 1.29 is 4.79 Å². The summed E-state index contributed by atoms with van der Waals surface area (Å²) in [6, 6.07) is 7.07. The van der Waals surface area contributed by atoms with Crippen LogP contribution in [0.4, 0.5) is 5.69 Å². The van der Waals surface area contributed by atoms with Crippen molar-refractivity contribution in [2.75, 3.05) is 5.32 Å². The molecule has 1 N–H and O–H groups in total. The van der Waals surface area contributed by atoms with E-state index in [0.717, 1.165) is 16.4 Å². The SMILES string of the molecule is Cc1nc(CCC(=O)Nc2ccc(Cl)cc2)cs1. The Hall–Kier alpha value is -1.39. The summed E-state index contributed by atoms with van der Waals surface area (Å²) < 4.78 is 0. The van der Waals surface area contributed by atoms with Crippen LogP contribution >= 0.6 is 22.9 Å². The summed E-state index contributed by atoms with van der Waals surface area (Å²) in [5.74, 6) is -0.0111. The van der Waals surface area contributed by atoms with Gasteiger partial charge in [-0.25, -0.2) is 4.98 Å². The molecule has 2 aromatic rings. The van der Waals surface area contributed by atoms with E-state index >= 15 is 0 Å². The molecule has 0 radical (unpaired) electrons. The van der Waals surface area contributed by atoms with Gasteiger partial charge in [-0.05, 0) is 37.6 Å². The van der Waals surface area contributed by atoms with Crippen LogP contribution in [0.1, 0.15) is 17.1 Å². The molecule has 0 aliphatic carbocycles. The van der Waals surface area contributed by atoms with Crippen molar-refractivity contribution in [3.05, 3.63) is 45.4 Å². The summed E-state index contributed by atoms with van der Waals surface area (Å²) >= 11 is 7.38. The minimum atomic E-state index is -0.0111. The molecule has 18 heavy (non-hydrogen) atoms. The first-order valence-electron chi connectivity index (χ1n) is 5.60. The molecule has 1 aromatic carbocycles. The third-order valence-electron chi connectivity index (χ3n) is 2.40. The van der Waals surface area contributed by atoms with Crippen molar-refractivity contribution in [3.8, 4) is 0 Å². The number of carbonyl (C=O) groups excluding carboxylic acids is 1. The van der Waals surface area contributed by atoms with E-state index in [1.54, 1.807) is 35.6 Å². The number of amides is 1. The highest BCUT2D eigenvalue weighted by Gasteiger charge is 2.05. The summed E-state index contributed by atoms with van der Waals surface area (Å²) in [5.41, 5.74) is 1.74. The number of halogens is 1. The highest BCUT2D eigenvalue weighted by Crippen LogP contribution is 2.14. The smallest absolute Gasteiger partial charge is 0.224 e. The summed E-state index contributed by atoms with van der Waals surface area (Å²) in [5, 5.41) is 6.50. The predicted octanol–water partition coefficient (Wildman–Crippen LogP) is 3.68. The van der Waals surface area contributed by atoms with Gasteiger partial charge in [-0.1, -0.05) is 11.6 Å².